The van der Waals surface area contributed by atoms with Gasteiger partial charge in [0.25, 0.3) is 0 Å². The van der Waals surface area contributed by atoms with Gasteiger partial charge < -0.3 is 14.8 Å². The highest BCUT2D eigenvalue weighted by Crippen LogP contribution is 2.36. The Morgan fingerprint density at radius 2 is 1.87 bits per heavy atom. The van der Waals surface area contributed by atoms with E-state index in [1.165, 1.54) is 0 Å². The van der Waals surface area contributed by atoms with Gasteiger partial charge in [-0.1, -0.05) is 0 Å². The molecule has 0 amide bonds. The molecule has 3 aliphatic rings. The summed E-state index contributed by atoms with van der Waals surface area (Å²) in [6, 6.07) is -0.101. The van der Waals surface area contributed by atoms with Crippen LogP contribution in [0.25, 0.3) is 0 Å². The number of sulfonamides is 1. The van der Waals surface area contributed by atoms with Crippen LogP contribution in [0.3, 0.4) is 0 Å². The maximum absolute atomic E-state index is 12.4. The summed E-state index contributed by atoms with van der Waals surface area (Å²) in [7, 11) is -3.20. The van der Waals surface area contributed by atoms with Crippen molar-refractivity contribution < 1.29 is 22.7 Å². The highest BCUT2D eigenvalue weighted by atomic mass is 32.2. The molecule has 2 N–H and O–H groups in total. The van der Waals surface area contributed by atoms with Gasteiger partial charge in [-0.2, -0.15) is 0 Å². The molecule has 3 fully saturated rings. The molecule has 9 nitrogen and oxygen atoms in total. The van der Waals surface area contributed by atoms with Crippen molar-refractivity contribution in [2.75, 3.05) is 19.8 Å². The van der Waals surface area contributed by atoms with Crippen molar-refractivity contribution in [2.24, 2.45) is 0 Å². The molecule has 0 spiro atoms. The van der Waals surface area contributed by atoms with Gasteiger partial charge in [-0.15, -0.1) is 0 Å². The summed E-state index contributed by atoms with van der Waals surface area (Å²) in [6.45, 7) is 1.37. The van der Waals surface area contributed by atoms with Gasteiger partial charge in [0.15, 0.2) is 6.29 Å². The van der Waals surface area contributed by atoms with Crippen molar-refractivity contribution in [3.05, 3.63) is 18.1 Å². The number of aromatic nitrogens is 2. The average molecular weight is 453 g/mol. The second kappa shape index (κ2) is 10.3. The Hall–Kier alpha value is -1.62. The highest BCUT2D eigenvalue weighted by molar-refractivity contribution is 7.90. The third-order valence-electron chi connectivity index (χ3n) is 6.41. The predicted octanol–water partition coefficient (Wildman–Crippen LogP) is 1.30. The fraction of sp³-hybridized carbons (Fsp3) is 0.762. The molecule has 0 bridgehead atoms. The lowest BCUT2D eigenvalue weighted by molar-refractivity contribution is -0.109. The molecule has 0 radical (unpaired) electrons. The molecule has 2 atom stereocenters. The van der Waals surface area contributed by atoms with Crippen molar-refractivity contribution in [3.8, 4) is 5.88 Å². The zero-order valence-corrected chi connectivity index (χ0v) is 18.6. The molecule has 0 unspecified atom stereocenters. The van der Waals surface area contributed by atoms with Crippen LogP contribution in [0.5, 0.6) is 5.88 Å². The first-order valence-corrected chi connectivity index (χ1v) is 12.8. The zero-order chi connectivity index (χ0) is 21.7. The number of ether oxygens (including phenoxy) is 2. The number of nitrogens with zero attached hydrogens (tertiary/aromatic N) is 2. The SMILES string of the molecule is O=CCOc1nccnc1[C@H]1CC[C@@H](OC[C@@H]2NCCC[C@@H]2NS(=O)(=O)C2CC2)CC1. The largest absolute Gasteiger partial charge is 0.469 e. The Kier molecular flexibility index (Phi) is 7.52. The molecule has 1 aromatic heterocycles. The molecule has 2 saturated carbocycles. The lowest BCUT2D eigenvalue weighted by Crippen LogP contribution is -2.56. The fourth-order valence-corrected chi connectivity index (χ4v) is 6.19. The van der Waals surface area contributed by atoms with Gasteiger partial charge in [0.1, 0.15) is 12.3 Å². The summed E-state index contributed by atoms with van der Waals surface area (Å²) in [5, 5.41) is 3.24. The van der Waals surface area contributed by atoms with Crippen molar-refractivity contribution in [3.63, 3.8) is 0 Å². The van der Waals surface area contributed by atoms with E-state index in [4.69, 9.17) is 9.47 Å². The molecule has 4 rings (SSSR count). The minimum Gasteiger partial charge on any atom is -0.469 e. The molecule has 10 heteroatoms. The fourth-order valence-electron chi connectivity index (χ4n) is 4.54. The smallest absolute Gasteiger partial charge is 0.236 e. The Balaban J connectivity index is 1.26. The number of piperidine rings is 1. The maximum Gasteiger partial charge on any atom is 0.236 e. The summed E-state index contributed by atoms with van der Waals surface area (Å²) in [5.74, 6) is 0.678. The van der Waals surface area contributed by atoms with Crippen LogP contribution in [0.4, 0.5) is 0 Å². The first-order chi connectivity index (χ1) is 15.1. The van der Waals surface area contributed by atoms with Crippen LogP contribution in [0.1, 0.15) is 63.0 Å². The van der Waals surface area contributed by atoms with Crippen molar-refractivity contribution in [1.29, 1.82) is 0 Å². The molecule has 1 aromatic rings. The first-order valence-electron chi connectivity index (χ1n) is 11.3. The third-order valence-corrected chi connectivity index (χ3v) is 8.40. The Bertz CT molecular complexity index is 840. The number of nitrogens with one attached hydrogen (secondary N) is 2. The van der Waals surface area contributed by atoms with Crippen LogP contribution in [-0.2, 0) is 19.6 Å². The van der Waals surface area contributed by atoms with Crippen LogP contribution in [-0.4, -0.2) is 67.9 Å². The molecule has 1 aliphatic heterocycles. The minimum atomic E-state index is -3.20. The van der Waals surface area contributed by atoms with E-state index in [0.717, 1.165) is 63.6 Å². The molecule has 172 valence electrons. The minimum absolute atomic E-state index is 0.00309. The number of aldehydes is 1. The predicted molar refractivity (Wildman–Crippen MR) is 114 cm³/mol. The molecule has 31 heavy (non-hydrogen) atoms. The van der Waals surface area contributed by atoms with Crippen LogP contribution in [0.2, 0.25) is 0 Å². The van der Waals surface area contributed by atoms with Gasteiger partial charge in [0.05, 0.1) is 18.0 Å². The molecule has 1 saturated heterocycles. The van der Waals surface area contributed by atoms with Gasteiger partial charge in [-0.05, 0) is 57.9 Å². The zero-order valence-electron chi connectivity index (χ0n) is 17.7. The summed E-state index contributed by atoms with van der Waals surface area (Å²) in [4.78, 5) is 19.3. The summed E-state index contributed by atoms with van der Waals surface area (Å²) in [6.07, 6.45) is 11.1. The Morgan fingerprint density at radius 3 is 2.61 bits per heavy atom. The number of hydrogen-bond acceptors (Lipinski definition) is 8. The standard InChI is InChI=1S/C21H32N4O5S/c26-12-13-29-21-20(23-10-11-24-21)15-3-5-16(6-4-15)30-14-19-18(2-1-9-22-19)25-31(27,28)17-7-8-17/h10-12,15-19,22,25H,1-9,13-14H2/t15-,16+,18-,19-/m0/s1. The quantitative estimate of drug-likeness (QED) is 0.510. The van der Waals surface area contributed by atoms with Gasteiger partial charge in [-0.3, -0.25) is 9.78 Å². The molecular formula is C21H32N4O5S. The van der Waals surface area contributed by atoms with Crippen LogP contribution >= 0.6 is 0 Å². The number of hydrogen-bond donors (Lipinski definition) is 2. The first kappa shape index (κ1) is 22.6. The van der Waals surface area contributed by atoms with E-state index < -0.39 is 10.0 Å². The second-order valence-electron chi connectivity index (χ2n) is 8.70. The second-order valence-corrected chi connectivity index (χ2v) is 10.7. The Morgan fingerprint density at radius 1 is 1.10 bits per heavy atom. The van der Waals surface area contributed by atoms with Crippen LogP contribution in [0, 0.1) is 0 Å². The number of rotatable bonds is 10. The van der Waals surface area contributed by atoms with E-state index >= 15 is 0 Å². The lowest BCUT2D eigenvalue weighted by Gasteiger charge is -2.35. The Labute approximate surface area is 183 Å². The van der Waals surface area contributed by atoms with E-state index in [2.05, 4.69) is 20.0 Å². The number of carbonyl (C=O) groups is 1. The summed E-state index contributed by atoms with van der Waals surface area (Å²) >= 11 is 0. The molecule has 2 aliphatic carbocycles. The molecule has 0 aromatic carbocycles. The van der Waals surface area contributed by atoms with Crippen LogP contribution < -0.4 is 14.8 Å². The average Bonchev–Trinajstić information content (AvgIpc) is 3.64. The third kappa shape index (κ3) is 6.00. The van der Waals surface area contributed by atoms with Gasteiger partial charge in [0, 0.05) is 30.4 Å². The van der Waals surface area contributed by atoms with E-state index in [1.54, 1.807) is 12.4 Å². The van der Waals surface area contributed by atoms with E-state index in [9.17, 15) is 13.2 Å². The summed E-state index contributed by atoms with van der Waals surface area (Å²) in [5.41, 5.74) is 0.811. The van der Waals surface area contributed by atoms with Gasteiger partial charge in [0.2, 0.25) is 15.9 Å². The van der Waals surface area contributed by atoms with Gasteiger partial charge >= 0.3 is 0 Å². The van der Waals surface area contributed by atoms with E-state index in [1.807, 2.05) is 0 Å². The normalized spacial score (nSPS) is 29.4. The maximum atomic E-state index is 12.4. The van der Waals surface area contributed by atoms with Crippen molar-refractivity contribution in [1.82, 2.24) is 20.0 Å². The molecule has 2 heterocycles. The van der Waals surface area contributed by atoms with Crippen molar-refractivity contribution >= 4 is 16.3 Å². The highest BCUT2D eigenvalue weighted by Gasteiger charge is 2.39. The van der Waals surface area contributed by atoms with E-state index in [0.29, 0.717) is 18.8 Å². The lowest BCUT2D eigenvalue weighted by atomic mass is 9.85. The topological polar surface area (TPSA) is 120 Å². The summed E-state index contributed by atoms with van der Waals surface area (Å²) < 4.78 is 39.3. The number of carbonyl (C=O) groups excluding carboxylic acids is 1. The molecular weight excluding hydrogens is 420 g/mol. The van der Waals surface area contributed by atoms with Crippen molar-refractivity contribution in [2.45, 2.75) is 80.7 Å². The van der Waals surface area contributed by atoms with E-state index in [-0.39, 0.29) is 36.0 Å². The van der Waals surface area contributed by atoms with Crippen LogP contribution in [0.15, 0.2) is 12.4 Å². The monoisotopic (exact) mass is 452 g/mol. The van der Waals surface area contributed by atoms with Gasteiger partial charge in [-0.25, -0.2) is 18.1 Å².